The molecule has 0 radical (unpaired) electrons. The highest BCUT2D eigenvalue weighted by Crippen LogP contribution is 2.22. The number of nitro benzene ring substituents is 1. The summed E-state index contributed by atoms with van der Waals surface area (Å²) in [5.74, 6) is 0. The molecular weight excluding hydrogens is 248 g/mol. The Kier molecular flexibility index (Phi) is 4.30. The molecule has 0 spiro atoms. The molecule has 8 heteroatoms. The van der Waals surface area contributed by atoms with Crippen LogP contribution >= 0.6 is 0 Å². The first-order valence-corrected chi connectivity index (χ1v) is 6.14. The topological polar surface area (TPSA) is 106 Å². The van der Waals surface area contributed by atoms with Crippen molar-refractivity contribution in [1.29, 1.82) is 0 Å². The third kappa shape index (κ3) is 3.33. The van der Waals surface area contributed by atoms with Gasteiger partial charge in [-0.05, 0) is 6.07 Å². The van der Waals surface area contributed by atoms with Crippen molar-refractivity contribution < 1.29 is 18.1 Å². The van der Waals surface area contributed by atoms with Crippen molar-refractivity contribution in [2.24, 2.45) is 0 Å². The van der Waals surface area contributed by atoms with Gasteiger partial charge < -0.3 is 4.79 Å². The van der Waals surface area contributed by atoms with Gasteiger partial charge >= 0.3 is 0 Å². The van der Waals surface area contributed by atoms with Gasteiger partial charge in [0, 0.05) is 19.0 Å². The van der Waals surface area contributed by atoms with Gasteiger partial charge in [-0.25, -0.2) is 13.1 Å². The molecule has 0 aliphatic heterocycles. The van der Waals surface area contributed by atoms with E-state index in [2.05, 4.69) is 4.72 Å². The molecule has 0 saturated carbocycles. The van der Waals surface area contributed by atoms with Crippen molar-refractivity contribution in [3.05, 3.63) is 34.4 Å². The highest BCUT2D eigenvalue weighted by Gasteiger charge is 2.24. The number of nitrogens with zero attached hydrogens (tertiary/aromatic N) is 1. The zero-order valence-corrected chi connectivity index (χ0v) is 9.51. The quantitative estimate of drug-likeness (QED) is 0.345. The molecule has 0 fully saturated rings. The van der Waals surface area contributed by atoms with Crippen LogP contribution in [0.3, 0.4) is 0 Å². The summed E-state index contributed by atoms with van der Waals surface area (Å²) in [4.78, 5) is 19.5. The Morgan fingerprint density at radius 3 is 2.59 bits per heavy atom. The standard InChI is InChI=1S/C9H10N2O5S/c12-7-3-6-10-17(15,16)9-5-2-1-4-8(9)11(13)14/h1-2,4-5,7,10H,3,6H2. The van der Waals surface area contributed by atoms with Crippen molar-refractivity contribution in [3.8, 4) is 0 Å². The van der Waals surface area contributed by atoms with Gasteiger partial charge in [-0.3, -0.25) is 10.1 Å². The molecule has 0 saturated heterocycles. The molecule has 1 rings (SSSR count). The molecule has 0 aliphatic rings. The first-order chi connectivity index (χ1) is 7.99. The molecule has 0 bridgehead atoms. The number of rotatable bonds is 6. The highest BCUT2D eigenvalue weighted by molar-refractivity contribution is 7.89. The zero-order valence-electron chi connectivity index (χ0n) is 8.70. The molecule has 0 unspecified atom stereocenters. The molecule has 1 N–H and O–H groups in total. The predicted molar refractivity (Wildman–Crippen MR) is 59.0 cm³/mol. The van der Waals surface area contributed by atoms with E-state index in [1.54, 1.807) is 0 Å². The Morgan fingerprint density at radius 1 is 1.35 bits per heavy atom. The number of benzene rings is 1. The van der Waals surface area contributed by atoms with Crippen LogP contribution in [0.2, 0.25) is 0 Å². The Hall–Kier alpha value is -1.80. The van der Waals surface area contributed by atoms with Crippen LogP contribution in [0.1, 0.15) is 6.42 Å². The number of carbonyl (C=O) groups excluding carboxylic acids is 1. The second kappa shape index (κ2) is 5.51. The Balaban J connectivity index is 3.06. The molecule has 0 aliphatic carbocycles. The van der Waals surface area contributed by atoms with Gasteiger partial charge in [0.15, 0.2) is 4.90 Å². The summed E-state index contributed by atoms with van der Waals surface area (Å²) in [6, 6.07) is 5.01. The number of sulfonamides is 1. The first-order valence-electron chi connectivity index (χ1n) is 4.66. The maximum Gasteiger partial charge on any atom is 0.289 e. The van der Waals surface area contributed by atoms with E-state index in [0.717, 1.165) is 12.1 Å². The van der Waals surface area contributed by atoms with Crippen LogP contribution in [-0.2, 0) is 14.8 Å². The fraction of sp³-hybridized carbons (Fsp3) is 0.222. The molecule has 1 aromatic rings. The summed E-state index contributed by atoms with van der Waals surface area (Å²) < 4.78 is 25.5. The number of hydrogen-bond acceptors (Lipinski definition) is 5. The van der Waals surface area contributed by atoms with Crippen molar-refractivity contribution in [2.45, 2.75) is 11.3 Å². The SMILES string of the molecule is O=CCCNS(=O)(=O)c1ccccc1[N+](=O)[O-]. The van der Waals surface area contributed by atoms with Gasteiger partial charge in [-0.15, -0.1) is 0 Å². The molecule has 0 amide bonds. The van der Waals surface area contributed by atoms with Crippen LogP contribution in [0.5, 0.6) is 0 Å². The van der Waals surface area contributed by atoms with Crippen LogP contribution in [-0.4, -0.2) is 26.2 Å². The second-order valence-corrected chi connectivity index (χ2v) is 4.81. The number of nitrogens with one attached hydrogen (secondary N) is 1. The van der Waals surface area contributed by atoms with Gasteiger partial charge in [-0.2, -0.15) is 0 Å². The van der Waals surface area contributed by atoms with Crippen LogP contribution in [0.4, 0.5) is 5.69 Å². The molecule has 1 aromatic carbocycles. The number of aldehydes is 1. The second-order valence-electron chi connectivity index (χ2n) is 3.08. The van der Waals surface area contributed by atoms with E-state index in [1.165, 1.54) is 12.1 Å². The van der Waals surface area contributed by atoms with Gasteiger partial charge in [0.25, 0.3) is 5.69 Å². The lowest BCUT2D eigenvalue weighted by atomic mass is 10.3. The average Bonchev–Trinajstić information content (AvgIpc) is 2.29. The van der Waals surface area contributed by atoms with E-state index in [1.807, 2.05) is 0 Å². The fourth-order valence-corrected chi connectivity index (χ4v) is 2.38. The summed E-state index contributed by atoms with van der Waals surface area (Å²) >= 11 is 0. The monoisotopic (exact) mass is 258 g/mol. The van der Waals surface area contributed by atoms with E-state index in [9.17, 15) is 23.3 Å². The lowest BCUT2D eigenvalue weighted by Crippen LogP contribution is -2.25. The molecule has 0 aromatic heterocycles. The normalized spacial score (nSPS) is 11.1. The summed E-state index contributed by atoms with van der Waals surface area (Å²) in [6.07, 6.45) is 0.571. The Morgan fingerprint density at radius 2 is 2.00 bits per heavy atom. The number of nitro groups is 1. The van der Waals surface area contributed by atoms with E-state index in [0.29, 0.717) is 6.29 Å². The van der Waals surface area contributed by atoms with Gasteiger partial charge in [0.05, 0.1) is 4.92 Å². The molecule has 0 atom stereocenters. The number of hydrogen-bond donors (Lipinski definition) is 1. The van der Waals surface area contributed by atoms with Crippen LogP contribution in [0, 0.1) is 10.1 Å². The Labute approximate surface area is 97.7 Å². The Bertz CT molecular complexity index is 526. The third-order valence-corrected chi connectivity index (χ3v) is 3.41. The third-order valence-electron chi connectivity index (χ3n) is 1.91. The molecule has 17 heavy (non-hydrogen) atoms. The zero-order chi connectivity index (χ0) is 12.9. The minimum absolute atomic E-state index is 0.0138. The van der Waals surface area contributed by atoms with Crippen molar-refractivity contribution in [2.75, 3.05) is 6.54 Å². The fourth-order valence-electron chi connectivity index (χ4n) is 1.17. The van der Waals surface area contributed by atoms with E-state index in [-0.39, 0.29) is 13.0 Å². The predicted octanol–water partition coefficient (Wildman–Crippen LogP) is 0.462. The maximum atomic E-state index is 11.7. The van der Waals surface area contributed by atoms with Gasteiger partial charge in [0.1, 0.15) is 6.29 Å². The first kappa shape index (κ1) is 13.3. The van der Waals surface area contributed by atoms with Gasteiger partial charge in [0.2, 0.25) is 10.0 Å². The summed E-state index contributed by atoms with van der Waals surface area (Å²) in [5.41, 5.74) is -0.494. The smallest absolute Gasteiger partial charge is 0.289 e. The summed E-state index contributed by atoms with van der Waals surface area (Å²) in [6.45, 7) is -0.0854. The van der Waals surface area contributed by atoms with Crippen LogP contribution in [0.25, 0.3) is 0 Å². The minimum Gasteiger partial charge on any atom is -0.303 e. The summed E-state index contributed by atoms with van der Waals surface area (Å²) in [7, 11) is -3.96. The van der Waals surface area contributed by atoms with E-state index in [4.69, 9.17) is 0 Å². The maximum absolute atomic E-state index is 11.7. The van der Waals surface area contributed by atoms with E-state index >= 15 is 0 Å². The lowest BCUT2D eigenvalue weighted by Gasteiger charge is -2.05. The van der Waals surface area contributed by atoms with E-state index < -0.39 is 25.5 Å². The minimum atomic E-state index is -3.96. The van der Waals surface area contributed by atoms with Crippen LogP contribution < -0.4 is 4.72 Å². The van der Waals surface area contributed by atoms with Crippen molar-refractivity contribution >= 4 is 22.0 Å². The summed E-state index contributed by atoms with van der Waals surface area (Å²) in [5, 5.41) is 10.7. The van der Waals surface area contributed by atoms with Crippen LogP contribution in [0.15, 0.2) is 29.2 Å². The van der Waals surface area contributed by atoms with Gasteiger partial charge in [-0.1, -0.05) is 12.1 Å². The van der Waals surface area contributed by atoms with Crippen molar-refractivity contribution in [1.82, 2.24) is 4.72 Å². The molecule has 7 nitrogen and oxygen atoms in total. The van der Waals surface area contributed by atoms with Crippen molar-refractivity contribution in [3.63, 3.8) is 0 Å². The highest BCUT2D eigenvalue weighted by atomic mass is 32.2. The lowest BCUT2D eigenvalue weighted by molar-refractivity contribution is -0.387. The molecular formula is C9H10N2O5S. The number of carbonyl (C=O) groups is 1. The molecule has 0 heterocycles. The molecule has 92 valence electrons. The largest absolute Gasteiger partial charge is 0.303 e. The average molecular weight is 258 g/mol. The number of para-hydroxylation sites is 1.